The first kappa shape index (κ1) is 14.1. The molecule has 1 saturated heterocycles. The third-order valence-corrected chi connectivity index (χ3v) is 2.00. The number of rotatable bonds is 5. The van der Waals surface area contributed by atoms with E-state index in [1.807, 2.05) is 26.0 Å². The minimum absolute atomic E-state index is 0.402. The summed E-state index contributed by atoms with van der Waals surface area (Å²) in [7, 11) is 2.09. The first-order valence-corrected chi connectivity index (χ1v) is 5.49. The first-order valence-electron chi connectivity index (χ1n) is 5.49. The molecule has 2 nitrogen and oxygen atoms in total. The number of allylic oxidation sites excluding steroid dienone is 2. The van der Waals surface area contributed by atoms with Crippen LogP contribution in [0.2, 0.25) is 0 Å². The quantitative estimate of drug-likeness (QED) is 0.645. The van der Waals surface area contributed by atoms with Crippen LogP contribution in [0, 0.1) is 0 Å². The van der Waals surface area contributed by atoms with E-state index < -0.39 is 0 Å². The van der Waals surface area contributed by atoms with Gasteiger partial charge in [-0.05, 0) is 12.6 Å². The van der Waals surface area contributed by atoms with Gasteiger partial charge in [0.2, 0.25) is 0 Å². The van der Waals surface area contributed by atoms with E-state index in [-0.39, 0.29) is 0 Å². The predicted octanol–water partition coefficient (Wildman–Crippen LogP) is 2.64. The molecule has 1 aliphatic heterocycles. The van der Waals surface area contributed by atoms with E-state index in [1.54, 1.807) is 6.08 Å². The lowest BCUT2D eigenvalue weighted by Crippen LogP contribution is -2.49. The van der Waals surface area contributed by atoms with Crippen molar-refractivity contribution >= 4 is 0 Å². The number of likely N-dealkylation sites (tertiary alicyclic amines) is 1. The van der Waals surface area contributed by atoms with Crippen molar-refractivity contribution < 1.29 is 4.74 Å². The molecule has 1 heterocycles. The van der Waals surface area contributed by atoms with E-state index in [9.17, 15) is 0 Å². The van der Waals surface area contributed by atoms with Crippen molar-refractivity contribution in [3.63, 3.8) is 0 Å². The Morgan fingerprint density at radius 3 is 2.53 bits per heavy atom. The molecule has 1 fully saturated rings. The molecule has 0 atom stereocenters. The molecule has 1 rings (SSSR count). The molecule has 0 amide bonds. The fraction of sp³-hybridized carbons (Fsp3) is 0.538. The highest BCUT2D eigenvalue weighted by molar-refractivity contribution is 5.18. The molecule has 0 unspecified atom stereocenters. The smallest absolute Gasteiger partial charge is 0.0832 e. The molecule has 2 heteroatoms. The molecule has 86 valence electrons. The molecule has 0 aromatic heterocycles. The van der Waals surface area contributed by atoms with Crippen molar-refractivity contribution in [2.75, 3.05) is 26.7 Å². The Morgan fingerprint density at radius 1 is 1.47 bits per heavy atom. The molecular weight excluding hydrogens is 186 g/mol. The zero-order chi connectivity index (χ0) is 11.7. The number of nitrogens with zero attached hydrogens (tertiary/aromatic N) is 1. The van der Waals surface area contributed by atoms with Crippen LogP contribution in [0.5, 0.6) is 0 Å². The molecule has 15 heavy (non-hydrogen) atoms. The molecule has 0 saturated carbocycles. The van der Waals surface area contributed by atoms with Gasteiger partial charge in [-0.3, -0.25) is 0 Å². The van der Waals surface area contributed by atoms with E-state index >= 15 is 0 Å². The van der Waals surface area contributed by atoms with Gasteiger partial charge in [-0.2, -0.15) is 0 Å². The molecule has 0 aliphatic carbocycles. The standard InChI is InChI=1S/C11H17NO.C2H6/c1-4-5-6-10(2)9-13-11-7-12(3)8-11;1-2/h4-6,11H,1-2,7-9H2,3H3;1-2H3/b6-5-;. The summed E-state index contributed by atoms with van der Waals surface area (Å²) in [5, 5.41) is 0. The number of hydrogen-bond acceptors (Lipinski definition) is 2. The minimum atomic E-state index is 0.402. The number of likely N-dealkylation sites (N-methyl/N-ethyl adjacent to an activating group) is 1. The lowest BCUT2D eigenvalue weighted by Gasteiger charge is -2.35. The summed E-state index contributed by atoms with van der Waals surface area (Å²) in [5.74, 6) is 0. The molecule has 0 aromatic rings. The Bertz CT molecular complexity index is 215. The van der Waals surface area contributed by atoms with Gasteiger partial charge < -0.3 is 9.64 Å². The summed E-state index contributed by atoms with van der Waals surface area (Å²) in [5.41, 5.74) is 0.995. The summed E-state index contributed by atoms with van der Waals surface area (Å²) < 4.78 is 5.58. The van der Waals surface area contributed by atoms with Crippen LogP contribution in [0.3, 0.4) is 0 Å². The van der Waals surface area contributed by atoms with Crippen molar-refractivity contribution in [3.05, 3.63) is 37.0 Å². The van der Waals surface area contributed by atoms with Crippen molar-refractivity contribution in [1.82, 2.24) is 4.90 Å². The zero-order valence-corrected chi connectivity index (χ0v) is 10.2. The van der Waals surface area contributed by atoms with Crippen LogP contribution in [0.25, 0.3) is 0 Å². The second-order valence-electron chi connectivity index (χ2n) is 3.41. The summed E-state index contributed by atoms with van der Waals surface area (Å²) in [6.45, 7) is 14.2. The van der Waals surface area contributed by atoms with Crippen LogP contribution in [0.4, 0.5) is 0 Å². The summed E-state index contributed by atoms with van der Waals surface area (Å²) >= 11 is 0. The lowest BCUT2D eigenvalue weighted by atomic mass is 10.2. The molecule has 0 spiro atoms. The first-order chi connectivity index (χ1) is 7.22. The Morgan fingerprint density at radius 2 is 2.07 bits per heavy atom. The third-order valence-electron chi connectivity index (χ3n) is 2.00. The highest BCUT2D eigenvalue weighted by atomic mass is 16.5. The van der Waals surface area contributed by atoms with Crippen molar-refractivity contribution in [2.24, 2.45) is 0 Å². The summed E-state index contributed by atoms with van der Waals surface area (Å²) in [6.07, 6.45) is 5.94. The van der Waals surface area contributed by atoms with E-state index in [0.717, 1.165) is 18.7 Å². The van der Waals surface area contributed by atoms with Crippen LogP contribution in [-0.4, -0.2) is 37.7 Å². The van der Waals surface area contributed by atoms with Gasteiger partial charge in [0.1, 0.15) is 0 Å². The van der Waals surface area contributed by atoms with Crippen LogP contribution >= 0.6 is 0 Å². The molecule has 0 N–H and O–H groups in total. The van der Waals surface area contributed by atoms with Crippen LogP contribution in [0.1, 0.15) is 13.8 Å². The monoisotopic (exact) mass is 209 g/mol. The molecule has 0 radical (unpaired) electrons. The average Bonchev–Trinajstić information content (AvgIpc) is 2.22. The van der Waals surface area contributed by atoms with Gasteiger partial charge in [0.15, 0.2) is 0 Å². The van der Waals surface area contributed by atoms with Crippen LogP contribution in [-0.2, 0) is 4.74 Å². The average molecular weight is 209 g/mol. The maximum absolute atomic E-state index is 5.58. The molecule has 0 bridgehead atoms. The van der Waals surface area contributed by atoms with Gasteiger partial charge in [-0.25, -0.2) is 0 Å². The largest absolute Gasteiger partial charge is 0.371 e. The Hall–Kier alpha value is -0.860. The second-order valence-corrected chi connectivity index (χ2v) is 3.41. The molecular formula is C13H23NO. The van der Waals surface area contributed by atoms with E-state index in [2.05, 4.69) is 25.1 Å². The lowest BCUT2D eigenvalue weighted by molar-refractivity contribution is -0.0330. The van der Waals surface area contributed by atoms with Crippen molar-refractivity contribution in [2.45, 2.75) is 20.0 Å². The Labute approximate surface area is 93.9 Å². The maximum atomic E-state index is 5.58. The van der Waals surface area contributed by atoms with Crippen LogP contribution in [0.15, 0.2) is 37.0 Å². The molecule has 1 aliphatic rings. The predicted molar refractivity (Wildman–Crippen MR) is 67.1 cm³/mol. The highest BCUT2D eigenvalue weighted by Gasteiger charge is 2.23. The maximum Gasteiger partial charge on any atom is 0.0832 e. The Kier molecular flexibility index (Phi) is 7.96. The van der Waals surface area contributed by atoms with Gasteiger partial charge in [-0.15, -0.1) is 0 Å². The Balaban J connectivity index is 0.000000921. The van der Waals surface area contributed by atoms with Gasteiger partial charge in [-0.1, -0.05) is 45.2 Å². The minimum Gasteiger partial charge on any atom is -0.371 e. The van der Waals surface area contributed by atoms with Gasteiger partial charge in [0.05, 0.1) is 12.7 Å². The van der Waals surface area contributed by atoms with Gasteiger partial charge >= 0.3 is 0 Å². The molecule has 0 aromatic carbocycles. The van der Waals surface area contributed by atoms with Gasteiger partial charge in [0.25, 0.3) is 0 Å². The fourth-order valence-corrected chi connectivity index (χ4v) is 1.22. The van der Waals surface area contributed by atoms with Crippen LogP contribution < -0.4 is 0 Å². The number of ether oxygens (including phenoxy) is 1. The third kappa shape index (κ3) is 6.26. The van der Waals surface area contributed by atoms with Crippen molar-refractivity contribution in [3.8, 4) is 0 Å². The topological polar surface area (TPSA) is 12.5 Å². The number of hydrogen-bond donors (Lipinski definition) is 0. The second kappa shape index (κ2) is 8.45. The van der Waals surface area contributed by atoms with Crippen molar-refractivity contribution in [1.29, 1.82) is 0 Å². The van der Waals surface area contributed by atoms with E-state index in [4.69, 9.17) is 4.74 Å². The fourth-order valence-electron chi connectivity index (χ4n) is 1.22. The van der Waals surface area contributed by atoms with Gasteiger partial charge in [0, 0.05) is 13.1 Å². The normalized spacial score (nSPS) is 16.7. The van der Waals surface area contributed by atoms with E-state index in [1.165, 1.54) is 0 Å². The zero-order valence-electron chi connectivity index (χ0n) is 10.2. The SMILES string of the molecule is C=C/C=C\C(=C)COC1CN(C)C1.CC. The summed E-state index contributed by atoms with van der Waals surface area (Å²) in [4.78, 5) is 2.23. The van der Waals surface area contributed by atoms with E-state index in [0.29, 0.717) is 12.7 Å². The highest BCUT2D eigenvalue weighted by Crippen LogP contribution is 2.09. The summed E-state index contributed by atoms with van der Waals surface area (Å²) in [6, 6.07) is 0.